The molecule has 158 valence electrons. The Morgan fingerprint density at radius 1 is 1.00 bits per heavy atom. The van der Waals surface area contributed by atoms with E-state index in [1.54, 1.807) is 18.4 Å². The first-order valence-corrected chi connectivity index (χ1v) is 11.0. The van der Waals surface area contributed by atoms with E-state index >= 15 is 0 Å². The highest BCUT2D eigenvalue weighted by Gasteiger charge is 2.67. The summed E-state index contributed by atoms with van der Waals surface area (Å²) in [6.07, 6.45) is 7.27. The Morgan fingerprint density at radius 2 is 1.68 bits per heavy atom. The second-order valence-corrected chi connectivity index (χ2v) is 9.20. The number of furan rings is 1. The summed E-state index contributed by atoms with van der Waals surface area (Å²) in [4.78, 5) is 41.6. The molecule has 1 N–H and O–H groups in total. The van der Waals surface area contributed by atoms with Gasteiger partial charge in [-0.15, -0.1) is 0 Å². The molecule has 6 heteroatoms. The molecule has 2 saturated carbocycles. The van der Waals surface area contributed by atoms with Gasteiger partial charge in [0.2, 0.25) is 17.7 Å². The van der Waals surface area contributed by atoms with E-state index in [0.29, 0.717) is 24.0 Å². The van der Waals surface area contributed by atoms with Crippen LogP contribution in [0.5, 0.6) is 0 Å². The fourth-order valence-electron chi connectivity index (χ4n) is 6.13. The van der Waals surface area contributed by atoms with E-state index in [1.165, 1.54) is 4.90 Å². The topological polar surface area (TPSA) is 79.6 Å². The maximum absolute atomic E-state index is 13.5. The second kappa shape index (κ2) is 6.94. The fraction of sp³-hybridized carbons (Fsp3) is 0.400. The molecule has 7 atom stereocenters. The molecule has 7 rings (SSSR count). The third kappa shape index (κ3) is 2.88. The van der Waals surface area contributed by atoms with Crippen LogP contribution < -0.4 is 5.32 Å². The molecule has 2 aromatic rings. The quantitative estimate of drug-likeness (QED) is 0.580. The molecule has 2 bridgehead atoms. The van der Waals surface area contributed by atoms with Gasteiger partial charge in [-0.25, -0.2) is 0 Å². The van der Waals surface area contributed by atoms with Crippen molar-refractivity contribution in [3.63, 3.8) is 0 Å². The number of carbonyl (C=O) groups is 3. The van der Waals surface area contributed by atoms with E-state index in [0.717, 1.165) is 12.0 Å². The number of amides is 3. The maximum atomic E-state index is 13.5. The minimum Gasteiger partial charge on any atom is -0.467 e. The monoisotopic (exact) mass is 416 g/mol. The molecule has 1 saturated heterocycles. The summed E-state index contributed by atoms with van der Waals surface area (Å²) >= 11 is 0. The maximum Gasteiger partial charge on any atom is 0.244 e. The van der Waals surface area contributed by atoms with E-state index in [9.17, 15) is 14.4 Å². The molecular formula is C25H24N2O4. The zero-order chi connectivity index (χ0) is 21.1. The Bertz CT molecular complexity index is 1020. The zero-order valence-electron chi connectivity index (χ0n) is 17.0. The van der Waals surface area contributed by atoms with Crippen LogP contribution in [0.25, 0.3) is 0 Å². The van der Waals surface area contributed by atoms with E-state index in [2.05, 4.69) is 17.5 Å². The number of likely N-dealkylation sites (tertiary alicyclic amines) is 1. The van der Waals surface area contributed by atoms with Crippen LogP contribution in [0, 0.1) is 35.5 Å². The van der Waals surface area contributed by atoms with Crippen LogP contribution in [0.4, 0.5) is 0 Å². The van der Waals surface area contributed by atoms with Crippen molar-refractivity contribution in [3.05, 3.63) is 72.2 Å². The molecule has 3 fully saturated rings. The van der Waals surface area contributed by atoms with Crippen LogP contribution in [0.2, 0.25) is 0 Å². The number of imide groups is 1. The van der Waals surface area contributed by atoms with Gasteiger partial charge >= 0.3 is 0 Å². The van der Waals surface area contributed by atoms with Crippen LogP contribution in [-0.2, 0) is 27.3 Å². The van der Waals surface area contributed by atoms with Crippen LogP contribution in [0.3, 0.4) is 0 Å². The van der Waals surface area contributed by atoms with Gasteiger partial charge in [0.1, 0.15) is 11.8 Å². The molecule has 5 aliphatic rings. The summed E-state index contributed by atoms with van der Waals surface area (Å²) in [5.74, 6) is 0.705. The average Bonchev–Trinajstić information content (AvgIpc) is 3.38. The van der Waals surface area contributed by atoms with Crippen molar-refractivity contribution in [2.75, 3.05) is 0 Å². The summed E-state index contributed by atoms with van der Waals surface area (Å²) in [6, 6.07) is 12.2. The number of benzene rings is 1. The molecule has 31 heavy (non-hydrogen) atoms. The number of carbonyl (C=O) groups excluding carboxylic acids is 3. The van der Waals surface area contributed by atoms with E-state index < -0.39 is 6.04 Å². The Kier molecular flexibility index (Phi) is 4.16. The molecule has 0 unspecified atom stereocenters. The Hall–Kier alpha value is -3.15. The SMILES string of the molecule is O=C(NCc1ccco1)[C@H](Cc1ccccc1)N1C(=O)[C@@H]2[C@@H]3C=C[C@H]([C@H]4C[C@H]34)[C@@H]2C1=O. The van der Waals surface area contributed by atoms with Gasteiger partial charge in [0.05, 0.1) is 24.6 Å². The van der Waals surface area contributed by atoms with Gasteiger partial charge < -0.3 is 9.73 Å². The van der Waals surface area contributed by atoms with Crippen LogP contribution in [-0.4, -0.2) is 28.7 Å². The van der Waals surface area contributed by atoms with Crippen molar-refractivity contribution in [3.8, 4) is 0 Å². The normalized spacial score (nSPS) is 33.2. The van der Waals surface area contributed by atoms with E-state index in [1.807, 2.05) is 30.3 Å². The molecular weight excluding hydrogens is 392 g/mol. The summed E-state index contributed by atoms with van der Waals surface area (Å²) in [6.45, 7) is 0.219. The first-order valence-electron chi connectivity index (χ1n) is 11.0. The molecule has 1 aromatic carbocycles. The van der Waals surface area contributed by atoms with Gasteiger partial charge in [-0.3, -0.25) is 19.3 Å². The molecule has 4 aliphatic carbocycles. The predicted octanol–water partition coefficient (Wildman–Crippen LogP) is 2.56. The Morgan fingerprint density at radius 3 is 2.29 bits per heavy atom. The van der Waals surface area contributed by atoms with Crippen molar-refractivity contribution in [2.24, 2.45) is 35.5 Å². The first kappa shape index (κ1) is 18.6. The number of allylic oxidation sites excluding steroid dienone is 2. The molecule has 1 aromatic heterocycles. The van der Waals surface area contributed by atoms with Gasteiger partial charge in [-0.2, -0.15) is 0 Å². The zero-order valence-corrected chi connectivity index (χ0v) is 17.0. The molecule has 0 spiro atoms. The van der Waals surface area contributed by atoms with Crippen molar-refractivity contribution in [1.29, 1.82) is 0 Å². The van der Waals surface area contributed by atoms with Crippen LogP contribution >= 0.6 is 0 Å². The predicted molar refractivity (Wildman–Crippen MR) is 111 cm³/mol. The highest BCUT2D eigenvalue weighted by Crippen LogP contribution is 2.65. The number of hydrogen-bond acceptors (Lipinski definition) is 4. The minimum absolute atomic E-state index is 0.144. The molecule has 6 nitrogen and oxygen atoms in total. The van der Waals surface area contributed by atoms with Gasteiger partial charge in [0.25, 0.3) is 0 Å². The van der Waals surface area contributed by atoms with E-state index in [4.69, 9.17) is 4.42 Å². The minimum atomic E-state index is -0.862. The molecule has 3 amide bonds. The fourth-order valence-corrected chi connectivity index (χ4v) is 6.13. The first-order chi connectivity index (χ1) is 15.1. The second-order valence-electron chi connectivity index (χ2n) is 9.20. The van der Waals surface area contributed by atoms with Gasteiger partial charge in [0, 0.05) is 6.42 Å². The van der Waals surface area contributed by atoms with Gasteiger partial charge in [-0.1, -0.05) is 42.5 Å². The number of hydrogen-bond donors (Lipinski definition) is 1. The van der Waals surface area contributed by atoms with Crippen LogP contribution in [0.1, 0.15) is 17.7 Å². The van der Waals surface area contributed by atoms with Crippen molar-refractivity contribution >= 4 is 17.7 Å². The van der Waals surface area contributed by atoms with E-state index in [-0.39, 0.29) is 47.9 Å². The summed E-state index contributed by atoms with van der Waals surface area (Å²) in [5, 5.41) is 2.87. The number of nitrogens with one attached hydrogen (secondary N) is 1. The lowest BCUT2D eigenvalue weighted by molar-refractivity contribution is -0.148. The van der Waals surface area contributed by atoms with Crippen LogP contribution in [0.15, 0.2) is 65.3 Å². The smallest absolute Gasteiger partial charge is 0.244 e. The number of nitrogens with zero attached hydrogens (tertiary/aromatic N) is 1. The summed E-state index contributed by atoms with van der Waals surface area (Å²) < 4.78 is 5.31. The van der Waals surface area contributed by atoms with Gasteiger partial charge in [-0.05, 0) is 47.8 Å². The standard InChI is InChI=1S/C25H24N2O4/c28-23(26-13-15-7-4-10-31-15)20(11-14-5-2-1-3-6-14)27-24(29)21-16-8-9-17(19-12-18(16)19)22(21)25(27)30/h1-10,16-22H,11-13H2,(H,26,28)/t16-,17-,18-,19-,20+,21-,22+/m1/s1. The third-order valence-corrected chi connectivity index (χ3v) is 7.60. The number of rotatable bonds is 6. The largest absolute Gasteiger partial charge is 0.467 e. The molecule has 0 radical (unpaired) electrons. The lowest BCUT2D eigenvalue weighted by Gasteiger charge is -2.37. The lowest BCUT2D eigenvalue weighted by atomic mass is 9.63. The van der Waals surface area contributed by atoms with Crippen molar-refractivity contribution in [1.82, 2.24) is 10.2 Å². The Balaban J connectivity index is 1.30. The lowest BCUT2D eigenvalue weighted by Crippen LogP contribution is -2.51. The highest BCUT2D eigenvalue weighted by atomic mass is 16.3. The summed E-state index contributed by atoms with van der Waals surface area (Å²) in [7, 11) is 0. The molecule has 2 heterocycles. The average molecular weight is 416 g/mol. The summed E-state index contributed by atoms with van der Waals surface area (Å²) in [5.41, 5.74) is 0.917. The third-order valence-electron chi connectivity index (χ3n) is 7.60. The highest BCUT2D eigenvalue weighted by molar-refractivity contribution is 6.09. The van der Waals surface area contributed by atoms with Crippen molar-refractivity contribution in [2.45, 2.75) is 25.4 Å². The van der Waals surface area contributed by atoms with Gasteiger partial charge in [0.15, 0.2) is 0 Å². The molecule has 1 aliphatic heterocycles. The van der Waals surface area contributed by atoms with Crippen molar-refractivity contribution < 1.29 is 18.8 Å². The Labute approximate surface area is 180 Å².